The summed E-state index contributed by atoms with van der Waals surface area (Å²) in [4.78, 5) is 44.8. The number of nitro benzene ring substituents is 1. The predicted molar refractivity (Wildman–Crippen MR) is 131 cm³/mol. The van der Waals surface area contributed by atoms with Crippen molar-refractivity contribution in [3.8, 4) is 0 Å². The first kappa shape index (κ1) is 22.7. The number of anilines is 2. The van der Waals surface area contributed by atoms with Gasteiger partial charge in [0.2, 0.25) is 5.91 Å². The number of fused-ring (bicyclic) bond motifs is 1. The van der Waals surface area contributed by atoms with Crippen LogP contribution in [0.1, 0.15) is 37.9 Å². The zero-order chi connectivity index (χ0) is 24.9. The number of hydroxylamine groups is 1. The molecule has 2 amide bonds. The van der Waals surface area contributed by atoms with E-state index in [2.05, 4.69) is 20.8 Å². The third kappa shape index (κ3) is 3.85. The van der Waals surface area contributed by atoms with E-state index in [-0.39, 0.29) is 16.8 Å². The Morgan fingerprint density at radius 1 is 0.829 bits per heavy atom. The fourth-order valence-corrected chi connectivity index (χ4v) is 4.71. The summed E-state index contributed by atoms with van der Waals surface area (Å²) in [5, 5.41) is 12.7. The molecule has 0 aromatic heterocycles. The summed E-state index contributed by atoms with van der Waals surface area (Å²) in [7, 11) is 0. The van der Waals surface area contributed by atoms with Gasteiger partial charge in [-0.3, -0.25) is 24.5 Å². The number of non-ortho nitro benzene ring substituents is 1. The number of nitrogens with zero attached hydrogens (tertiary/aromatic N) is 3. The highest BCUT2D eigenvalue weighted by atomic mass is 16.7. The molecule has 0 saturated carbocycles. The Morgan fingerprint density at radius 2 is 1.46 bits per heavy atom. The molecule has 0 aliphatic carbocycles. The van der Waals surface area contributed by atoms with Crippen molar-refractivity contribution in [1.82, 2.24) is 0 Å². The van der Waals surface area contributed by atoms with Crippen LogP contribution in [-0.2, 0) is 19.8 Å². The van der Waals surface area contributed by atoms with Gasteiger partial charge in [-0.2, -0.15) is 0 Å². The maximum absolute atomic E-state index is 13.7. The van der Waals surface area contributed by atoms with Crippen molar-refractivity contribution in [2.24, 2.45) is 5.92 Å². The lowest BCUT2D eigenvalue weighted by molar-refractivity contribution is -0.384. The second-order valence-corrected chi connectivity index (χ2v) is 9.82. The molecule has 2 aliphatic heterocycles. The third-order valence-corrected chi connectivity index (χ3v) is 6.56. The highest BCUT2D eigenvalue weighted by Gasteiger charge is 2.60. The fraction of sp³-hybridized carbons (Fsp3) is 0.259. The molecule has 0 spiro atoms. The Labute approximate surface area is 202 Å². The van der Waals surface area contributed by atoms with E-state index >= 15 is 0 Å². The van der Waals surface area contributed by atoms with Gasteiger partial charge >= 0.3 is 0 Å². The molecule has 2 saturated heterocycles. The standard InChI is InChI=1S/C27H25N3O5/c1-27(2,3)18-11-9-17(10-12-18)23-22-24(35-29(23)20-7-5-4-6-8-20)26(32)28(25(22)31)19-13-15-21(16-14-19)30(33)34/h4-16,22-24H,1-3H3/t22-,23+,24+/m1/s1. The average Bonchev–Trinajstić information content (AvgIpc) is 3.35. The molecular formula is C27H25N3O5. The Balaban J connectivity index is 1.54. The van der Waals surface area contributed by atoms with Gasteiger partial charge in [0, 0.05) is 12.1 Å². The first-order chi connectivity index (χ1) is 16.7. The van der Waals surface area contributed by atoms with Gasteiger partial charge in [0.25, 0.3) is 11.6 Å². The number of nitro groups is 1. The molecule has 8 nitrogen and oxygen atoms in total. The summed E-state index contributed by atoms with van der Waals surface area (Å²) in [6.07, 6.45) is -0.995. The molecule has 3 aromatic carbocycles. The first-order valence-electron chi connectivity index (χ1n) is 11.4. The van der Waals surface area contributed by atoms with Gasteiger partial charge in [-0.05, 0) is 40.8 Å². The fourth-order valence-electron chi connectivity index (χ4n) is 4.71. The molecule has 0 N–H and O–H groups in total. The van der Waals surface area contributed by atoms with Gasteiger partial charge < -0.3 is 0 Å². The van der Waals surface area contributed by atoms with Crippen LogP contribution in [0.4, 0.5) is 17.1 Å². The van der Waals surface area contributed by atoms with Crippen molar-refractivity contribution in [1.29, 1.82) is 0 Å². The molecule has 2 fully saturated rings. The van der Waals surface area contributed by atoms with Crippen LogP contribution in [0, 0.1) is 16.0 Å². The molecule has 5 rings (SSSR count). The molecule has 0 radical (unpaired) electrons. The van der Waals surface area contributed by atoms with Gasteiger partial charge in [-0.15, -0.1) is 0 Å². The van der Waals surface area contributed by atoms with Crippen molar-refractivity contribution in [2.75, 3.05) is 9.96 Å². The molecule has 35 heavy (non-hydrogen) atoms. The van der Waals surface area contributed by atoms with Crippen LogP contribution < -0.4 is 9.96 Å². The third-order valence-electron chi connectivity index (χ3n) is 6.56. The normalized spacial score (nSPS) is 22.0. The average molecular weight is 472 g/mol. The van der Waals surface area contributed by atoms with Crippen LogP contribution >= 0.6 is 0 Å². The van der Waals surface area contributed by atoms with Crippen LogP contribution in [0.15, 0.2) is 78.9 Å². The minimum atomic E-state index is -0.995. The Hall–Kier alpha value is -4.04. The van der Waals surface area contributed by atoms with E-state index in [0.717, 1.165) is 21.7 Å². The number of rotatable bonds is 4. The van der Waals surface area contributed by atoms with Crippen LogP contribution in [0.25, 0.3) is 0 Å². The van der Waals surface area contributed by atoms with E-state index in [0.29, 0.717) is 0 Å². The minimum absolute atomic E-state index is 0.0295. The number of carbonyl (C=O) groups is 2. The number of benzene rings is 3. The Bertz CT molecular complexity index is 1280. The topological polar surface area (TPSA) is 93.0 Å². The molecule has 3 aromatic rings. The van der Waals surface area contributed by atoms with Crippen molar-refractivity contribution < 1.29 is 19.3 Å². The molecule has 178 valence electrons. The van der Waals surface area contributed by atoms with E-state index in [1.54, 1.807) is 5.06 Å². The number of hydrogen-bond donors (Lipinski definition) is 0. The number of carbonyl (C=O) groups excluding carboxylic acids is 2. The summed E-state index contributed by atoms with van der Waals surface area (Å²) >= 11 is 0. The molecule has 0 bridgehead atoms. The summed E-state index contributed by atoms with van der Waals surface area (Å²) in [6.45, 7) is 6.40. The Morgan fingerprint density at radius 3 is 2.03 bits per heavy atom. The van der Waals surface area contributed by atoms with E-state index in [1.165, 1.54) is 24.3 Å². The van der Waals surface area contributed by atoms with E-state index in [9.17, 15) is 19.7 Å². The minimum Gasteiger partial charge on any atom is -0.273 e. The van der Waals surface area contributed by atoms with Crippen molar-refractivity contribution >= 4 is 28.9 Å². The maximum Gasteiger partial charge on any atom is 0.269 e. The summed E-state index contributed by atoms with van der Waals surface area (Å²) in [5.74, 6) is -1.64. The van der Waals surface area contributed by atoms with Crippen molar-refractivity contribution in [3.63, 3.8) is 0 Å². The lowest BCUT2D eigenvalue weighted by atomic mass is 9.84. The van der Waals surface area contributed by atoms with Crippen molar-refractivity contribution in [3.05, 3.63) is 100 Å². The van der Waals surface area contributed by atoms with Gasteiger partial charge in [-0.1, -0.05) is 63.2 Å². The van der Waals surface area contributed by atoms with Crippen LogP contribution in [0.2, 0.25) is 0 Å². The molecule has 3 atom stereocenters. The first-order valence-corrected chi connectivity index (χ1v) is 11.4. The molecule has 2 aliphatic rings. The summed E-state index contributed by atoms with van der Waals surface area (Å²) in [5.41, 5.74) is 2.91. The van der Waals surface area contributed by atoms with Gasteiger partial charge in [0.15, 0.2) is 6.10 Å². The second-order valence-electron chi connectivity index (χ2n) is 9.82. The lowest BCUT2D eigenvalue weighted by Crippen LogP contribution is -2.37. The SMILES string of the molecule is CC(C)(C)c1ccc([C@H]2[C@H]3C(=O)N(c4ccc([N+](=O)[O-])cc4)C(=O)[C@H]3ON2c2ccccc2)cc1. The highest BCUT2D eigenvalue weighted by Crippen LogP contribution is 2.47. The quantitative estimate of drug-likeness (QED) is 0.304. The Kier molecular flexibility index (Phi) is 5.40. The lowest BCUT2D eigenvalue weighted by Gasteiger charge is -2.29. The maximum atomic E-state index is 13.7. The molecule has 2 heterocycles. The highest BCUT2D eigenvalue weighted by molar-refractivity contribution is 6.23. The van der Waals surface area contributed by atoms with E-state index < -0.39 is 34.8 Å². The zero-order valence-corrected chi connectivity index (χ0v) is 19.6. The van der Waals surface area contributed by atoms with Gasteiger partial charge in [0.05, 0.1) is 22.3 Å². The van der Waals surface area contributed by atoms with Gasteiger partial charge in [0.1, 0.15) is 5.92 Å². The monoisotopic (exact) mass is 471 g/mol. The second kappa shape index (κ2) is 8.32. The smallest absolute Gasteiger partial charge is 0.269 e. The molecule has 8 heteroatoms. The van der Waals surface area contributed by atoms with Crippen molar-refractivity contribution in [2.45, 2.75) is 38.3 Å². The van der Waals surface area contributed by atoms with Crippen LogP contribution in [0.3, 0.4) is 0 Å². The molecular weight excluding hydrogens is 446 g/mol. The van der Waals surface area contributed by atoms with E-state index in [1.807, 2.05) is 54.6 Å². The summed E-state index contributed by atoms with van der Waals surface area (Å²) in [6, 6.07) is 22.3. The predicted octanol–water partition coefficient (Wildman–Crippen LogP) is 4.94. The zero-order valence-electron chi connectivity index (χ0n) is 19.6. The largest absolute Gasteiger partial charge is 0.273 e. The van der Waals surface area contributed by atoms with Gasteiger partial charge in [-0.25, -0.2) is 9.96 Å². The molecule has 0 unspecified atom stereocenters. The number of amides is 2. The number of para-hydroxylation sites is 1. The summed E-state index contributed by atoms with van der Waals surface area (Å²) < 4.78 is 0. The van der Waals surface area contributed by atoms with Crippen LogP contribution in [0.5, 0.6) is 0 Å². The number of hydrogen-bond acceptors (Lipinski definition) is 6. The van der Waals surface area contributed by atoms with Crippen LogP contribution in [-0.4, -0.2) is 22.8 Å². The van der Waals surface area contributed by atoms with E-state index in [4.69, 9.17) is 4.84 Å². The number of imide groups is 1.